The number of carbonyl (C=O) groups is 3. The van der Waals surface area contributed by atoms with Gasteiger partial charge in [0.05, 0.1) is 38.1 Å². The quantitative estimate of drug-likeness (QED) is 0.330. The van der Waals surface area contributed by atoms with Gasteiger partial charge in [-0.25, -0.2) is 4.79 Å². The fourth-order valence-corrected chi connectivity index (χ4v) is 5.36. The SMILES string of the molecule is Br.CNC(=O)c1cc2c(cc1OC)CN(CC(=O)c1cc(N3CCC(OCC(=O)O)C3)c(OC)c(C(C)(C)C)c1)C2=N. The minimum atomic E-state index is -1.01. The third-order valence-electron chi connectivity index (χ3n) is 7.50. The smallest absolute Gasteiger partial charge is 0.329 e. The van der Waals surface area contributed by atoms with Crippen LogP contribution in [0.15, 0.2) is 24.3 Å². The maximum atomic E-state index is 13.8. The van der Waals surface area contributed by atoms with Crippen molar-refractivity contribution >= 4 is 46.2 Å². The summed E-state index contributed by atoms with van der Waals surface area (Å²) in [6.07, 6.45) is 0.415. The van der Waals surface area contributed by atoms with Crippen LogP contribution >= 0.6 is 17.0 Å². The van der Waals surface area contributed by atoms with Gasteiger partial charge in [-0.3, -0.25) is 15.0 Å². The van der Waals surface area contributed by atoms with Crippen LogP contribution in [0, 0.1) is 5.41 Å². The van der Waals surface area contributed by atoms with E-state index in [1.54, 1.807) is 24.1 Å². The number of rotatable bonds is 10. The van der Waals surface area contributed by atoms with Crippen molar-refractivity contribution in [1.82, 2.24) is 10.2 Å². The van der Waals surface area contributed by atoms with E-state index >= 15 is 0 Å². The number of amides is 1. The van der Waals surface area contributed by atoms with Gasteiger partial charge in [-0.15, -0.1) is 17.0 Å². The standard InChI is InChI=1S/C30H38N4O7.BrH/c1-30(2,3)22-9-17(10-23(27(22)40-6)33-8-7-19(14-33)41-16-26(36)37)24(35)15-34-13-18-11-25(39-5)21(29(38)32-4)12-20(18)28(34)31;/h9-12,19,31H,7-8,13-16H2,1-6H3,(H,32,38)(H,36,37);1H. The van der Waals surface area contributed by atoms with Crippen LogP contribution in [-0.2, 0) is 21.5 Å². The van der Waals surface area contributed by atoms with E-state index in [4.69, 9.17) is 24.7 Å². The van der Waals surface area contributed by atoms with E-state index in [9.17, 15) is 14.4 Å². The van der Waals surface area contributed by atoms with Gasteiger partial charge in [0.25, 0.3) is 5.91 Å². The summed E-state index contributed by atoms with van der Waals surface area (Å²) in [5.41, 5.74) is 3.51. The molecule has 0 bridgehead atoms. The van der Waals surface area contributed by atoms with Gasteiger partial charge in [-0.05, 0) is 41.7 Å². The molecule has 0 saturated carbocycles. The van der Waals surface area contributed by atoms with Crippen molar-refractivity contribution in [2.75, 3.05) is 52.4 Å². The Morgan fingerprint density at radius 1 is 1.12 bits per heavy atom. The Morgan fingerprint density at radius 3 is 2.43 bits per heavy atom. The Bertz CT molecular complexity index is 1390. The van der Waals surface area contributed by atoms with Gasteiger partial charge in [0.1, 0.15) is 23.9 Å². The molecule has 4 rings (SSSR count). The molecule has 1 atom stereocenters. The maximum Gasteiger partial charge on any atom is 0.329 e. The van der Waals surface area contributed by atoms with Gasteiger partial charge in [0, 0.05) is 43.4 Å². The number of methoxy groups -OCH3 is 2. The summed E-state index contributed by atoms with van der Waals surface area (Å²) in [6.45, 7) is 7.22. The molecule has 0 radical (unpaired) electrons. The van der Waals surface area contributed by atoms with Crippen LogP contribution in [0.4, 0.5) is 5.69 Å². The topological polar surface area (TPSA) is 141 Å². The number of nitrogens with one attached hydrogen (secondary N) is 2. The van der Waals surface area contributed by atoms with Gasteiger partial charge in [0.15, 0.2) is 5.78 Å². The lowest BCUT2D eigenvalue weighted by atomic mass is 9.84. The molecule has 42 heavy (non-hydrogen) atoms. The number of halogens is 1. The predicted octanol–water partition coefficient (Wildman–Crippen LogP) is 3.64. The molecule has 0 aliphatic carbocycles. The number of ether oxygens (including phenoxy) is 3. The summed E-state index contributed by atoms with van der Waals surface area (Å²) >= 11 is 0. The number of nitrogens with zero attached hydrogens (tertiary/aromatic N) is 2. The first-order valence-corrected chi connectivity index (χ1v) is 13.5. The average molecular weight is 648 g/mol. The molecule has 1 unspecified atom stereocenters. The highest BCUT2D eigenvalue weighted by atomic mass is 79.9. The number of carboxylic acids is 1. The van der Waals surface area contributed by atoms with E-state index in [0.717, 1.165) is 16.8 Å². The molecule has 11 nitrogen and oxygen atoms in total. The number of amidine groups is 1. The third-order valence-corrected chi connectivity index (χ3v) is 7.50. The van der Waals surface area contributed by atoms with Gasteiger partial charge >= 0.3 is 5.97 Å². The number of anilines is 1. The van der Waals surface area contributed by atoms with E-state index in [2.05, 4.69) is 31.0 Å². The zero-order chi connectivity index (χ0) is 30.1. The number of carbonyl (C=O) groups excluding carboxylic acids is 2. The predicted molar refractivity (Wildman–Crippen MR) is 164 cm³/mol. The summed E-state index contributed by atoms with van der Waals surface area (Å²) in [4.78, 5) is 40.8. The van der Waals surface area contributed by atoms with E-state index < -0.39 is 5.97 Å². The van der Waals surface area contributed by atoms with Gasteiger partial charge in [-0.1, -0.05) is 20.8 Å². The second-order valence-corrected chi connectivity index (χ2v) is 11.3. The molecule has 2 heterocycles. The summed E-state index contributed by atoms with van der Waals surface area (Å²) in [5.74, 6) is -0.234. The highest BCUT2D eigenvalue weighted by Gasteiger charge is 2.33. The molecule has 3 N–H and O–H groups in total. The molecule has 1 fully saturated rings. The molecular formula is C30H39BrN4O7. The Hall–Kier alpha value is -3.64. The van der Waals surface area contributed by atoms with Crippen LogP contribution in [0.1, 0.15) is 64.6 Å². The van der Waals surface area contributed by atoms with E-state index in [1.165, 1.54) is 14.2 Å². The van der Waals surface area contributed by atoms with Crippen molar-refractivity contribution < 1.29 is 33.7 Å². The number of benzene rings is 2. The van der Waals surface area contributed by atoms with Crippen LogP contribution in [0.3, 0.4) is 0 Å². The van der Waals surface area contributed by atoms with Crippen molar-refractivity contribution in [3.05, 3.63) is 52.1 Å². The lowest BCUT2D eigenvalue weighted by Gasteiger charge is -2.29. The number of ketones is 1. The van der Waals surface area contributed by atoms with Crippen molar-refractivity contribution in [2.45, 2.75) is 45.3 Å². The van der Waals surface area contributed by atoms with Crippen LogP contribution in [0.25, 0.3) is 0 Å². The molecule has 228 valence electrons. The van der Waals surface area contributed by atoms with Crippen LogP contribution in [0.2, 0.25) is 0 Å². The van der Waals surface area contributed by atoms with Crippen LogP contribution in [-0.4, -0.2) is 87.1 Å². The minimum Gasteiger partial charge on any atom is -0.496 e. The number of fused-ring (bicyclic) bond motifs is 1. The van der Waals surface area contributed by atoms with Crippen molar-refractivity contribution in [3.8, 4) is 11.5 Å². The van der Waals surface area contributed by atoms with E-state index in [0.29, 0.717) is 54.2 Å². The zero-order valence-corrected chi connectivity index (χ0v) is 26.5. The first-order valence-electron chi connectivity index (χ1n) is 13.5. The fraction of sp³-hybridized carbons (Fsp3) is 0.467. The van der Waals surface area contributed by atoms with Gasteiger partial charge in [-0.2, -0.15) is 0 Å². The zero-order valence-electron chi connectivity index (χ0n) is 24.8. The molecule has 2 aromatic rings. The molecule has 2 aliphatic rings. The Labute approximate surface area is 256 Å². The van der Waals surface area contributed by atoms with Crippen molar-refractivity contribution in [2.24, 2.45) is 0 Å². The van der Waals surface area contributed by atoms with E-state index in [-0.39, 0.29) is 59.2 Å². The number of hydrogen-bond donors (Lipinski definition) is 3. The first-order chi connectivity index (χ1) is 19.4. The second-order valence-electron chi connectivity index (χ2n) is 11.3. The average Bonchev–Trinajstić information content (AvgIpc) is 3.53. The normalized spacial score (nSPS) is 16.1. The number of Topliss-reactive ketones (excluding diaryl/α,β-unsaturated/α-hetero) is 1. The Morgan fingerprint density at radius 2 is 1.83 bits per heavy atom. The van der Waals surface area contributed by atoms with Crippen LogP contribution in [0.5, 0.6) is 11.5 Å². The minimum absolute atomic E-state index is 0. The summed E-state index contributed by atoms with van der Waals surface area (Å²) < 4.78 is 16.8. The largest absolute Gasteiger partial charge is 0.496 e. The maximum absolute atomic E-state index is 13.8. The highest BCUT2D eigenvalue weighted by Crippen LogP contribution is 2.41. The van der Waals surface area contributed by atoms with Gasteiger partial charge in [0.2, 0.25) is 0 Å². The number of aliphatic carboxylic acids is 1. The molecule has 2 aliphatic heterocycles. The van der Waals surface area contributed by atoms with Crippen molar-refractivity contribution in [3.63, 3.8) is 0 Å². The molecular weight excluding hydrogens is 608 g/mol. The van der Waals surface area contributed by atoms with Crippen molar-refractivity contribution in [1.29, 1.82) is 5.41 Å². The monoisotopic (exact) mass is 646 g/mol. The summed E-state index contributed by atoms with van der Waals surface area (Å²) in [7, 11) is 4.63. The van der Waals surface area contributed by atoms with E-state index in [1.807, 2.05) is 12.1 Å². The summed E-state index contributed by atoms with van der Waals surface area (Å²) in [6, 6.07) is 7.06. The molecule has 1 saturated heterocycles. The third kappa shape index (κ3) is 6.70. The Kier molecular flexibility index (Phi) is 10.3. The molecule has 0 aromatic heterocycles. The lowest BCUT2D eigenvalue weighted by Crippen LogP contribution is -2.31. The second kappa shape index (κ2) is 13.1. The first kappa shape index (κ1) is 32.9. The summed E-state index contributed by atoms with van der Waals surface area (Å²) in [5, 5.41) is 20.3. The number of carboxylic acid groups (broad SMARTS) is 1. The molecule has 2 aromatic carbocycles. The highest BCUT2D eigenvalue weighted by molar-refractivity contribution is 8.93. The van der Waals surface area contributed by atoms with Crippen LogP contribution < -0.4 is 19.7 Å². The molecule has 1 amide bonds. The van der Waals surface area contributed by atoms with Gasteiger partial charge < -0.3 is 34.4 Å². The lowest BCUT2D eigenvalue weighted by molar-refractivity contribution is -0.143. The Balaban J connectivity index is 0.00000484. The number of hydrogen-bond acceptors (Lipinski definition) is 8. The fourth-order valence-electron chi connectivity index (χ4n) is 5.36. The molecule has 12 heteroatoms. The molecule has 0 spiro atoms.